The van der Waals surface area contributed by atoms with E-state index in [1.165, 1.54) is 0 Å². The molecule has 14 heavy (non-hydrogen) atoms. The molecular weight excluding hydrogens is 180 g/mol. The van der Waals surface area contributed by atoms with Gasteiger partial charge < -0.3 is 14.4 Å². The molecule has 1 aromatic rings. The van der Waals surface area contributed by atoms with Crippen molar-refractivity contribution in [2.75, 3.05) is 13.2 Å². The predicted molar refractivity (Wildman–Crippen MR) is 53.9 cm³/mol. The highest BCUT2D eigenvalue weighted by Gasteiger charge is 2.11. The summed E-state index contributed by atoms with van der Waals surface area (Å²) in [5, 5.41) is 9.75. The van der Waals surface area contributed by atoms with Crippen molar-refractivity contribution in [2.45, 2.75) is 25.9 Å². The standard InChI is InChI=1S/C10H18N2O2/c1-3-14-8-4-5-9(13)10-11-6-7-12(10)2/h6-7,9,13H,3-5,8H2,1-2H3. The summed E-state index contributed by atoms with van der Waals surface area (Å²) in [7, 11) is 1.88. The minimum atomic E-state index is -0.476. The van der Waals surface area contributed by atoms with Crippen LogP contribution in [0.4, 0.5) is 0 Å². The molecule has 0 bridgehead atoms. The van der Waals surface area contributed by atoms with Crippen molar-refractivity contribution in [3.8, 4) is 0 Å². The summed E-state index contributed by atoms with van der Waals surface area (Å²) in [6, 6.07) is 0. The van der Waals surface area contributed by atoms with Crippen LogP contribution in [0.5, 0.6) is 0 Å². The van der Waals surface area contributed by atoms with Crippen LogP contribution in [-0.2, 0) is 11.8 Å². The normalized spacial score (nSPS) is 13.1. The Labute approximate surface area is 84.5 Å². The second-order valence-corrected chi connectivity index (χ2v) is 3.25. The lowest BCUT2D eigenvalue weighted by Gasteiger charge is -2.09. The summed E-state index contributed by atoms with van der Waals surface area (Å²) >= 11 is 0. The lowest BCUT2D eigenvalue weighted by atomic mass is 10.2. The van der Waals surface area contributed by atoms with Crippen LogP contribution in [0.25, 0.3) is 0 Å². The van der Waals surface area contributed by atoms with Gasteiger partial charge in [-0.15, -0.1) is 0 Å². The fourth-order valence-electron chi connectivity index (χ4n) is 1.35. The molecule has 1 rings (SSSR count). The summed E-state index contributed by atoms with van der Waals surface area (Å²) in [6.45, 7) is 3.41. The Balaban J connectivity index is 2.28. The second-order valence-electron chi connectivity index (χ2n) is 3.25. The van der Waals surface area contributed by atoms with E-state index in [1.807, 2.05) is 24.7 Å². The zero-order valence-corrected chi connectivity index (χ0v) is 8.81. The summed E-state index contributed by atoms with van der Waals surface area (Å²) in [4.78, 5) is 4.09. The minimum Gasteiger partial charge on any atom is -0.385 e. The Morgan fingerprint density at radius 2 is 2.43 bits per heavy atom. The number of hydrogen-bond donors (Lipinski definition) is 1. The largest absolute Gasteiger partial charge is 0.385 e. The molecule has 0 aliphatic heterocycles. The van der Waals surface area contributed by atoms with Crippen LogP contribution in [-0.4, -0.2) is 27.9 Å². The summed E-state index contributed by atoms with van der Waals surface area (Å²) in [6.07, 6.45) is 4.62. The summed E-state index contributed by atoms with van der Waals surface area (Å²) < 4.78 is 7.03. The minimum absolute atomic E-state index is 0.476. The van der Waals surface area contributed by atoms with Crippen molar-refractivity contribution in [3.05, 3.63) is 18.2 Å². The van der Waals surface area contributed by atoms with Gasteiger partial charge in [0, 0.05) is 32.7 Å². The average Bonchev–Trinajstić information content (AvgIpc) is 2.59. The highest BCUT2D eigenvalue weighted by Crippen LogP contribution is 2.15. The first-order valence-corrected chi connectivity index (χ1v) is 4.98. The van der Waals surface area contributed by atoms with Crippen molar-refractivity contribution in [1.29, 1.82) is 0 Å². The summed E-state index contributed by atoms with van der Waals surface area (Å²) in [5.74, 6) is 0.724. The molecule has 0 saturated heterocycles. The third-order valence-electron chi connectivity index (χ3n) is 2.13. The third-order valence-corrected chi connectivity index (χ3v) is 2.13. The smallest absolute Gasteiger partial charge is 0.137 e. The number of imidazole rings is 1. The van der Waals surface area contributed by atoms with E-state index < -0.39 is 6.10 Å². The van der Waals surface area contributed by atoms with Crippen molar-refractivity contribution < 1.29 is 9.84 Å². The SMILES string of the molecule is CCOCCCC(O)c1nccn1C. The molecule has 0 aliphatic carbocycles. The Morgan fingerprint density at radius 1 is 1.64 bits per heavy atom. The molecule has 1 N–H and O–H groups in total. The van der Waals surface area contributed by atoms with Gasteiger partial charge in [0.25, 0.3) is 0 Å². The highest BCUT2D eigenvalue weighted by molar-refractivity contribution is 4.95. The van der Waals surface area contributed by atoms with Gasteiger partial charge in [-0.3, -0.25) is 0 Å². The van der Waals surface area contributed by atoms with Gasteiger partial charge in [-0.05, 0) is 19.8 Å². The van der Waals surface area contributed by atoms with Crippen molar-refractivity contribution >= 4 is 0 Å². The average molecular weight is 198 g/mol. The number of hydrogen-bond acceptors (Lipinski definition) is 3. The number of nitrogens with zero attached hydrogens (tertiary/aromatic N) is 2. The number of aryl methyl sites for hydroxylation is 1. The van der Waals surface area contributed by atoms with Crippen LogP contribution < -0.4 is 0 Å². The molecule has 0 fully saturated rings. The molecule has 1 aromatic heterocycles. The van der Waals surface area contributed by atoms with Crippen LogP contribution >= 0.6 is 0 Å². The quantitative estimate of drug-likeness (QED) is 0.700. The van der Waals surface area contributed by atoms with Gasteiger partial charge in [0.1, 0.15) is 11.9 Å². The van der Waals surface area contributed by atoms with Crippen LogP contribution in [0.2, 0.25) is 0 Å². The molecule has 80 valence electrons. The Hall–Kier alpha value is -0.870. The van der Waals surface area contributed by atoms with Gasteiger partial charge >= 0.3 is 0 Å². The second kappa shape index (κ2) is 5.78. The first-order chi connectivity index (χ1) is 6.75. The van der Waals surface area contributed by atoms with Gasteiger partial charge in [0.05, 0.1) is 0 Å². The van der Waals surface area contributed by atoms with E-state index >= 15 is 0 Å². The number of aliphatic hydroxyl groups excluding tert-OH is 1. The van der Waals surface area contributed by atoms with E-state index in [0.29, 0.717) is 13.0 Å². The predicted octanol–water partition coefficient (Wildman–Crippen LogP) is 1.27. The van der Waals surface area contributed by atoms with Gasteiger partial charge in [-0.25, -0.2) is 4.98 Å². The van der Waals surface area contributed by atoms with Crippen LogP contribution in [0.3, 0.4) is 0 Å². The molecule has 4 heteroatoms. The molecule has 0 saturated carbocycles. The van der Waals surface area contributed by atoms with E-state index in [4.69, 9.17) is 4.74 Å². The fourth-order valence-corrected chi connectivity index (χ4v) is 1.35. The molecule has 1 unspecified atom stereocenters. The maximum Gasteiger partial charge on any atom is 0.137 e. The molecule has 0 amide bonds. The zero-order valence-electron chi connectivity index (χ0n) is 8.81. The monoisotopic (exact) mass is 198 g/mol. The molecule has 4 nitrogen and oxygen atoms in total. The van der Waals surface area contributed by atoms with Gasteiger partial charge in [-0.1, -0.05) is 0 Å². The van der Waals surface area contributed by atoms with E-state index in [1.54, 1.807) is 6.20 Å². The maximum atomic E-state index is 9.75. The van der Waals surface area contributed by atoms with Crippen molar-refractivity contribution in [1.82, 2.24) is 9.55 Å². The van der Waals surface area contributed by atoms with E-state index in [-0.39, 0.29) is 0 Å². The lowest BCUT2D eigenvalue weighted by Crippen LogP contribution is -2.06. The Kier molecular flexibility index (Phi) is 4.62. The Morgan fingerprint density at radius 3 is 3.00 bits per heavy atom. The zero-order chi connectivity index (χ0) is 10.4. The van der Waals surface area contributed by atoms with Crippen LogP contribution in [0, 0.1) is 0 Å². The van der Waals surface area contributed by atoms with Gasteiger partial charge in [-0.2, -0.15) is 0 Å². The summed E-state index contributed by atoms with van der Waals surface area (Å²) in [5.41, 5.74) is 0. The molecule has 0 radical (unpaired) electrons. The number of aliphatic hydroxyl groups is 1. The maximum absolute atomic E-state index is 9.75. The van der Waals surface area contributed by atoms with Crippen LogP contribution in [0.1, 0.15) is 31.7 Å². The molecule has 0 aliphatic rings. The highest BCUT2D eigenvalue weighted by atomic mass is 16.5. The molecule has 0 spiro atoms. The molecule has 1 heterocycles. The molecular formula is C10H18N2O2. The number of ether oxygens (including phenoxy) is 1. The first kappa shape index (κ1) is 11.2. The fraction of sp³-hybridized carbons (Fsp3) is 0.700. The van der Waals surface area contributed by atoms with Gasteiger partial charge in [0.2, 0.25) is 0 Å². The van der Waals surface area contributed by atoms with Crippen molar-refractivity contribution in [2.24, 2.45) is 7.05 Å². The third kappa shape index (κ3) is 3.12. The van der Waals surface area contributed by atoms with E-state index in [2.05, 4.69) is 4.98 Å². The topological polar surface area (TPSA) is 47.3 Å². The molecule has 1 atom stereocenters. The first-order valence-electron chi connectivity index (χ1n) is 4.98. The Bertz CT molecular complexity index is 260. The lowest BCUT2D eigenvalue weighted by molar-refractivity contribution is 0.109. The molecule has 0 aromatic carbocycles. The number of aromatic nitrogens is 2. The van der Waals surface area contributed by atoms with E-state index in [0.717, 1.165) is 18.9 Å². The van der Waals surface area contributed by atoms with Gasteiger partial charge in [0.15, 0.2) is 0 Å². The van der Waals surface area contributed by atoms with Crippen molar-refractivity contribution in [3.63, 3.8) is 0 Å². The van der Waals surface area contributed by atoms with Crippen LogP contribution in [0.15, 0.2) is 12.4 Å². The van der Waals surface area contributed by atoms with E-state index in [9.17, 15) is 5.11 Å². The number of rotatable bonds is 6.